The maximum absolute atomic E-state index is 10.9. The van der Waals surface area contributed by atoms with Crippen molar-refractivity contribution in [3.05, 3.63) is 23.2 Å². The quantitative estimate of drug-likeness (QED) is 0.840. The summed E-state index contributed by atoms with van der Waals surface area (Å²) in [5.74, 6) is 0. The van der Waals surface area contributed by atoms with Gasteiger partial charge < -0.3 is 4.90 Å². The smallest absolute Gasteiger partial charge is 0.296 e. The molecule has 1 aromatic carbocycles. The van der Waals surface area contributed by atoms with Gasteiger partial charge in [0.05, 0.1) is 16.4 Å². The molecule has 7 heteroatoms. The lowest BCUT2D eigenvalue weighted by molar-refractivity contribution is 0.603. The second kappa shape index (κ2) is 4.26. The van der Waals surface area contributed by atoms with E-state index in [1.807, 2.05) is 0 Å². The lowest BCUT2D eigenvalue weighted by atomic mass is 10.2. The van der Waals surface area contributed by atoms with E-state index in [4.69, 9.17) is 16.7 Å². The van der Waals surface area contributed by atoms with Crippen molar-refractivity contribution in [3.8, 4) is 0 Å². The minimum atomic E-state index is -3.79. The van der Waals surface area contributed by atoms with Crippen molar-refractivity contribution in [2.75, 3.05) is 23.7 Å². The first-order valence-electron chi connectivity index (χ1n) is 4.07. The highest BCUT2D eigenvalue weighted by molar-refractivity contribution is 7.90. The number of hydrogen-bond acceptors (Lipinski definition) is 3. The van der Waals surface area contributed by atoms with Gasteiger partial charge >= 0.3 is 0 Å². The van der Waals surface area contributed by atoms with Crippen LogP contribution in [0.3, 0.4) is 0 Å². The predicted molar refractivity (Wildman–Crippen MR) is 62.5 cm³/mol. The Morgan fingerprint density at radius 2 is 2.00 bits per heavy atom. The van der Waals surface area contributed by atoms with Crippen molar-refractivity contribution in [1.82, 2.24) is 0 Å². The lowest BCUT2D eigenvalue weighted by Crippen LogP contribution is -2.23. The molecule has 0 aliphatic carbocycles. The van der Waals surface area contributed by atoms with Crippen molar-refractivity contribution in [1.29, 1.82) is 0 Å². The maximum atomic E-state index is 10.9. The zero-order valence-electron chi connectivity index (χ0n) is 8.36. The Hall–Kier alpha value is -0.980. The van der Waals surface area contributed by atoms with Crippen LogP contribution in [0.2, 0.25) is 5.02 Å². The third-order valence-electron chi connectivity index (χ3n) is 1.69. The molecule has 0 amide bonds. The predicted octanol–water partition coefficient (Wildman–Crippen LogP) is 1.02. The maximum Gasteiger partial charge on any atom is 0.296 e. The van der Waals surface area contributed by atoms with Crippen LogP contribution in [-0.4, -0.2) is 22.5 Å². The molecule has 3 N–H and O–H groups in total. The number of para-hydroxylation sites is 1. The number of nitrogens with two attached hydrogens (primary N) is 1. The summed E-state index contributed by atoms with van der Waals surface area (Å²) in [4.78, 5) is 1.70. The number of halogens is 1. The summed E-state index contributed by atoms with van der Waals surface area (Å²) in [5, 5.41) is 5.34. The summed E-state index contributed by atoms with van der Waals surface area (Å²) in [5.41, 5.74) is 0.934. The van der Waals surface area contributed by atoms with Gasteiger partial charge in [0, 0.05) is 14.1 Å². The molecule has 0 atom stereocenters. The topological polar surface area (TPSA) is 75.4 Å². The van der Waals surface area contributed by atoms with Gasteiger partial charge in [-0.05, 0) is 12.1 Å². The molecule has 0 aliphatic heterocycles. The van der Waals surface area contributed by atoms with Crippen LogP contribution < -0.4 is 14.8 Å². The summed E-state index contributed by atoms with van der Waals surface area (Å²) in [7, 11) is -0.266. The average Bonchev–Trinajstić information content (AvgIpc) is 1.99. The molecule has 0 spiro atoms. The fraction of sp³-hybridized carbons (Fsp3) is 0.250. The second-order valence-corrected chi connectivity index (χ2v) is 4.88. The molecule has 0 aliphatic rings. The standard InChI is InChI=1S/C8H12ClN3O2S/c1-12(2)8-6(9)4-3-5-7(8)11-15(10,13)14/h3-5,11H,1-2H3,(H2,10,13,14). The Balaban J connectivity index is 3.24. The minimum absolute atomic E-state index is 0.356. The van der Waals surface area contributed by atoms with E-state index in [2.05, 4.69) is 4.72 Å². The number of rotatable bonds is 3. The summed E-state index contributed by atoms with van der Waals surface area (Å²) in [6, 6.07) is 4.90. The summed E-state index contributed by atoms with van der Waals surface area (Å²) >= 11 is 5.94. The first-order chi connectivity index (χ1) is 6.81. The molecule has 0 aromatic heterocycles. The summed E-state index contributed by atoms with van der Waals surface area (Å²) < 4.78 is 24.0. The van der Waals surface area contributed by atoms with Gasteiger partial charge in [0.25, 0.3) is 10.2 Å². The van der Waals surface area contributed by atoms with Gasteiger partial charge in [0.15, 0.2) is 0 Å². The largest absolute Gasteiger partial charge is 0.375 e. The van der Waals surface area contributed by atoms with Gasteiger partial charge in [-0.25, -0.2) is 5.14 Å². The van der Waals surface area contributed by atoms with Crippen molar-refractivity contribution in [2.45, 2.75) is 0 Å². The van der Waals surface area contributed by atoms with E-state index in [1.165, 1.54) is 0 Å². The van der Waals surface area contributed by atoms with Crippen LogP contribution >= 0.6 is 11.6 Å². The molecule has 0 fully saturated rings. The zero-order valence-corrected chi connectivity index (χ0v) is 9.93. The Labute approximate surface area is 94.0 Å². The Bertz CT molecular complexity index is 459. The Morgan fingerprint density at radius 3 is 2.47 bits per heavy atom. The highest BCUT2D eigenvalue weighted by atomic mass is 35.5. The minimum Gasteiger partial charge on any atom is -0.375 e. The van der Waals surface area contributed by atoms with Crippen LogP contribution in [0, 0.1) is 0 Å². The molecule has 15 heavy (non-hydrogen) atoms. The van der Waals surface area contributed by atoms with Gasteiger partial charge in [-0.3, -0.25) is 4.72 Å². The molecule has 0 saturated carbocycles. The number of nitrogens with zero attached hydrogens (tertiary/aromatic N) is 1. The molecule has 0 bridgehead atoms. The molecular formula is C8H12ClN3O2S. The van der Waals surface area contributed by atoms with Gasteiger partial charge in [0.1, 0.15) is 0 Å². The lowest BCUT2D eigenvalue weighted by Gasteiger charge is -2.18. The Morgan fingerprint density at radius 1 is 1.40 bits per heavy atom. The second-order valence-electron chi connectivity index (χ2n) is 3.18. The first-order valence-corrected chi connectivity index (χ1v) is 6.00. The number of benzene rings is 1. The summed E-state index contributed by atoms with van der Waals surface area (Å²) in [6.45, 7) is 0. The first kappa shape index (κ1) is 12.1. The van der Waals surface area contributed by atoms with Gasteiger partial charge in [-0.1, -0.05) is 17.7 Å². The van der Waals surface area contributed by atoms with Crippen LogP contribution in [0.5, 0.6) is 0 Å². The fourth-order valence-corrected chi connectivity index (χ4v) is 2.02. The van der Waals surface area contributed by atoms with Crippen molar-refractivity contribution in [2.24, 2.45) is 5.14 Å². The monoisotopic (exact) mass is 249 g/mol. The fourth-order valence-electron chi connectivity index (χ4n) is 1.21. The van der Waals surface area contributed by atoms with Crippen LogP contribution in [0.15, 0.2) is 18.2 Å². The third kappa shape index (κ3) is 3.26. The van der Waals surface area contributed by atoms with Gasteiger partial charge in [-0.2, -0.15) is 8.42 Å². The molecule has 84 valence electrons. The molecule has 5 nitrogen and oxygen atoms in total. The number of hydrogen-bond donors (Lipinski definition) is 2. The number of nitrogens with one attached hydrogen (secondary N) is 1. The summed E-state index contributed by atoms with van der Waals surface area (Å²) in [6.07, 6.45) is 0. The van der Waals surface area contributed by atoms with E-state index in [0.29, 0.717) is 16.4 Å². The third-order valence-corrected chi connectivity index (χ3v) is 2.50. The van der Waals surface area contributed by atoms with E-state index in [1.54, 1.807) is 37.2 Å². The van der Waals surface area contributed by atoms with Crippen molar-refractivity contribution >= 4 is 33.2 Å². The van der Waals surface area contributed by atoms with E-state index in [-0.39, 0.29) is 0 Å². The highest BCUT2D eigenvalue weighted by Gasteiger charge is 2.12. The number of anilines is 2. The average molecular weight is 250 g/mol. The van der Waals surface area contributed by atoms with E-state index in [9.17, 15) is 8.42 Å². The van der Waals surface area contributed by atoms with Crippen LogP contribution in [0.25, 0.3) is 0 Å². The highest BCUT2D eigenvalue weighted by Crippen LogP contribution is 2.32. The van der Waals surface area contributed by atoms with Crippen LogP contribution in [0.4, 0.5) is 11.4 Å². The van der Waals surface area contributed by atoms with Crippen molar-refractivity contribution in [3.63, 3.8) is 0 Å². The van der Waals surface area contributed by atoms with Crippen LogP contribution in [-0.2, 0) is 10.2 Å². The van der Waals surface area contributed by atoms with E-state index < -0.39 is 10.2 Å². The van der Waals surface area contributed by atoms with E-state index in [0.717, 1.165) is 0 Å². The molecule has 0 unspecified atom stereocenters. The molecule has 0 heterocycles. The molecule has 1 rings (SSSR count). The molecule has 1 aromatic rings. The Kier molecular flexibility index (Phi) is 3.43. The molecule has 0 saturated heterocycles. The van der Waals surface area contributed by atoms with Crippen LogP contribution in [0.1, 0.15) is 0 Å². The van der Waals surface area contributed by atoms with Gasteiger partial charge in [-0.15, -0.1) is 0 Å². The molecular weight excluding hydrogens is 238 g/mol. The van der Waals surface area contributed by atoms with Gasteiger partial charge in [0.2, 0.25) is 0 Å². The van der Waals surface area contributed by atoms with E-state index >= 15 is 0 Å². The normalized spacial score (nSPS) is 11.2. The van der Waals surface area contributed by atoms with Crippen molar-refractivity contribution < 1.29 is 8.42 Å². The zero-order chi connectivity index (χ0) is 11.6. The molecule has 0 radical (unpaired) electrons. The SMILES string of the molecule is CN(C)c1c(Cl)cccc1NS(N)(=O)=O.